The molecular formula is C20H15BrCl2N4O2S. The molecule has 1 atom stereocenters. The number of hydrogen-bond donors (Lipinski definition) is 1. The highest BCUT2D eigenvalue weighted by molar-refractivity contribution is 9.10. The first-order valence-electron chi connectivity index (χ1n) is 8.74. The highest BCUT2D eigenvalue weighted by Crippen LogP contribution is 2.44. The molecule has 2 heterocycles. The largest absolute Gasteiger partial charge is 0.495 e. The fourth-order valence-corrected chi connectivity index (χ4v) is 4.46. The van der Waals surface area contributed by atoms with E-state index < -0.39 is 6.23 Å². The van der Waals surface area contributed by atoms with Gasteiger partial charge in [-0.25, -0.2) is 0 Å². The lowest BCUT2D eigenvalue weighted by molar-refractivity contribution is 0.220. The molecule has 0 saturated carbocycles. The summed E-state index contributed by atoms with van der Waals surface area (Å²) in [5.74, 6) is 1.45. The average Bonchev–Trinajstić information content (AvgIpc) is 2.88. The Kier molecular flexibility index (Phi) is 6.38. The first kappa shape index (κ1) is 21.2. The average molecular weight is 526 g/mol. The number of methoxy groups -OCH3 is 1. The normalized spacial score (nSPS) is 14.6. The highest BCUT2D eigenvalue weighted by atomic mass is 79.9. The second kappa shape index (κ2) is 9.01. The van der Waals surface area contributed by atoms with Crippen LogP contribution in [-0.2, 0) is 0 Å². The van der Waals surface area contributed by atoms with Gasteiger partial charge in [-0.2, -0.15) is 4.98 Å². The number of aromatic nitrogens is 3. The Labute approximate surface area is 196 Å². The van der Waals surface area contributed by atoms with E-state index in [1.807, 2.05) is 18.2 Å². The highest BCUT2D eigenvalue weighted by Gasteiger charge is 2.29. The monoisotopic (exact) mass is 524 g/mol. The Bertz CT molecular complexity index is 1130. The van der Waals surface area contributed by atoms with Crippen molar-refractivity contribution in [2.75, 3.05) is 18.2 Å². The van der Waals surface area contributed by atoms with Crippen LogP contribution in [0, 0.1) is 0 Å². The quantitative estimate of drug-likeness (QED) is 0.305. The van der Waals surface area contributed by atoms with Crippen LogP contribution in [0.2, 0.25) is 10.0 Å². The second-order valence-electron chi connectivity index (χ2n) is 6.19. The number of ether oxygens (including phenoxy) is 2. The molecule has 1 N–H and O–H groups in total. The van der Waals surface area contributed by atoms with Crippen molar-refractivity contribution in [1.29, 1.82) is 0 Å². The van der Waals surface area contributed by atoms with Crippen LogP contribution in [0.25, 0.3) is 11.3 Å². The Morgan fingerprint density at radius 2 is 2.13 bits per heavy atom. The molecule has 0 fully saturated rings. The van der Waals surface area contributed by atoms with Gasteiger partial charge in [-0.3, -0.25) is 0 Å². The molecule has 1 aliphatic heterocycles. The van der Waals surface area contributed by atoms with E-state index in [1.54, 1.807) is 25.3 Å². The Balaban J connectivity index is 1.88. The third-order valence-corrected chi connectivity index (χ3v) is 6.07. The van der Waals surface area contributed by atoms with Crippen LogP contribution < -0.4 is 14.8 Å². The van der Waals surface area contributed by atoms with Gasteiger partial charge in [0.25, 0.3) is 0 Å². The molecule has 10 heteroatoms. The molecule has 6 nitrogen and oxygen atoms in total. The minimum absolute atomic E-state index is 0.337. The zero-order valence-corrected chi connectivity index (χ0v) is 19.6. The van der Waals surface area contributed by atoms with Gasteiger partial charge in [-0.05, 0) is 30.3 Å². The van der Waals surface area contributed by atoms with Crippen LogP contribution in [0.3, 0.4) is 0 Å². The van der Waals surface area contributed by atoms with Crippen LogP contribution in [0.15, 0.2) is 52.6 Å². The molecule has 0 bridgehead atoms. The maximum Gasteiger partial charge on any atom is 0.247 e. The summed E-state index contributed by atoms with van der Waals surface area (Å²) in [6.45, 7) is 3.72. The molecule has 1 unspecified atom stereocenters. The van der Waals surface area contributed by atoms with Gasteiger partial charge in [-0.15, -0.1) is 16.8 Å². The lowest BCUT2D eigenvalue weighted by atomic mass is 10.1. The molecule has 0 amide bonds. The van der Waals surface area contributed by atoms with Crippen LogP contribution in [-0.4, -0.2) is 28.0 Å². The van der Waals surface area contributed by atoms with Crippen LogP contribution in [0.4, 0.5) is 5.69 Å². The van der Waals surface area contributed by atoms with Crippen molar-refractivity contribution in [2.24, 2.45) is 0 Å². The third-order valence-electron chi connectivity index (χ3n) is 4.24. The lowest BCUT2D eigenvalue weighted by Crippen LogP contribution is -2.18. The van der Waals surface area contributed by atoms with E-state index in [0.29, 0.717) is 43.8 Å². The molecular weight excluding hydrogens is 511 g/mol. The Morgan fingerprint density at radius 1 is 1.30 bits per heavy atom. The molecule has 2 aromatic carbocycles. The topological polar surface area (TPSA) is 69.2 Å². The summed E-state index contributed by atoms with van der Waals surface area (Å²) in [4.78, 5) is 4.57. The number of fused-ring (bicyclic) bond motifs is 3. The molecule has 1 aliphatic rings. The van der Waals surface area contributed by atoms with Gasteiger partial charge >= 0.3 is 0 Å². The zero-order chi connectivity index (χ0) is 21.3. The minimum Gasteiger partial charge on any atom is -0.495 e. The smallest absolute Gasteiger partial charge is 0.247 e. The van der Waals surface area contributed by atoms with Gasteiger partial charge in [-0.1, -0.05) is 57.0 Å². The van der Waals surface area contributed by atoms with Gasteiger partial charge in [0.15, 0.2) is 5.69 Å². The minimum atomic E-state index is -0.675. The molecule has 154 valence electrons. The van der Waals surface area contributed by atoms with Crippen molar-refractivity contribution in [2.45, 2.75) is 11.4 Å². The first-order chi connectivity index (χ1) is 14.5. The second-order valence-corrected chi connectivity index (χ2v) is 8.94. The Hall–Kier alpha value is -2.00. The van der Waals surface area contributed by atoms with Gasteiger partial charge in [0.1, 0.15) is 5.75 Å². The van der Waals surface area contributed by atoms with Crippen LogP contribution >= 0.6 is 50.9 Å². The number of benzene rings is 2. The molecule has 30 heavy (non-hydrogen) atoms. The Morgan fingerprint density at radius 3 is 2.90 bits per heavy atom. The van der Waals surface area contributed by atoms with E-state index in [0.717, 1.165) is 15.7 Å². The number of thioether (sulfide) groups is 1. The fourth-order valence-electron chi connectivity index (χ4n) is 3.00. The van der Waals surface area contributed by atoms with E-state index in [2.05, 4.69) is 43.0 Å². The summed E-state index contributed by atoms with van der Waals surface area (Å²) in [5, 5.41) is 13.3. The van der Waals surface area contributed by atoms with E-state index in [-0.39, 0.29) is 0 Å². The number of nitrogens with one attached hydrogen (secondary N) is 1. The zero-order valence-electron chi connectivity index (χ0n) is 15.7. The van der Waals surface area contributed by atoms with Gasteiger partial charge in [0, 0.05) is 26.5 Å². The molecule has 0 aliphatic carbocycles. The maximum atomic E-state index is 6.35. The third kappa shape index (κ3) is 4.23. The molecule has 0 spiro atoms. The summed E-state index contributed by atoms with van der Waals surface area (Å²) in [5.41, 5.74) is 2.75. The lowest BCUT2D eigenvalue weighted by Gasteiger charge is -2.22. The number of halogens is 3. The molecule has 1 aromatic heterocycles. The fraction of sp³-hybridized carbons (Fsp3) is 0.150. The predicted molar refractivity (Wildman–Crippen MR) is 124 cm³/mol. The predicted octanol–water partition coefficient (Wildman–Crippen LogP) is 6.40. The number of hydrogen-bond acceptors (Lipinski definition) is 7. The van der Waals surface area contributed by atoms with E-state index >= 15 is 0 Å². The number of rotatable bonds is 5. The summed E-state index contributed by atoms with van der Waals surface area (Å²) in [6.07, 6.45) is 1.10. The van der Waals surface area contributed by atoms with Gasteiger partial charge in [0.05, 0.1) is 17.7 Å². The van der Waals surface area contributed by atoms with E-state index in [9.17, 15) is 0 Å². The van der Waals surface area contributed by atoms with Crippen LogP contribution in [0.5, 0.6) is 11.6 Å². The summed E-state index contributed by atoms with van der Waals surface area (Å²) in [7, 11) is 1.54. The van der Waals surface area contributed by atoms with Crippen molar-refractivity contribution in [1.82, 2.24) is 15.2 Å². The molecule has 0 saturated heterocycles. The van der Waals surface area contributed by atoms with Crippen molar-refractivity contribution in [3.63, 3.8) is 0 Å². The van der Waals surface area contributed by atoms with Crippen molar-refractivity contribution in [3.05, 3.63) is 63.1 Å². The van der Waals surface area contributed by atoms with Crippen molar-refractivity contribution >= 4 is 56.6 Å². The van der Waals surface area contributed by atoms with Gasteiger partial charge in [0.2, 0.25) is 17.3 Å². The SMILES string of the molecule is C=CCSc1nnc2c(n1)OC(c1cc(Cl)cc(Cl)c1OC)Nc1ccc(Br)cc1-2. The number of nitrogens with zero attached hydrogens (tertiary/aromatic N) is 3. The van der Waals surface area contributed by atoms with Crippen molar-refractivity contribution in [3.8, 4) is 22.9 Å². The summed E-state index contributed by atoms with van der Waals surface area (Å²) < 4.78 is 12.7. The van der Waals surface area contributed by atoms with Gasteiger partial charge < -0.3 is 14.8 Å². The first-order valence-corrected chi connectivity index (χ1v) is 11.3. The van der Waals surface area contributed by atoms with Crippen molar-refractivity contribution < 1.29 is 9.47 Å². The molecule has 4 rings (SSSR count). The summed E-state index contributed by atoms with van der Waals surface area (Å²) in [6, 6.07) is 9.14. The standard InChI is InChI=1S/C20H15BrCl2N4O2S/c1-3-6-30-20-25-19-16(26-27-20)12-7-10(21)4-5-15(12)24-18(29-19)13-8-11(22)9-14(23)17(13)28-2/h3-5,7-9,18,24H,1,6H2,2H3. The maximum absolute atomic E-state index is 6.35. The molecule has 0 radical (unpaired) electrons. The molecule has 3 aromatic rings. The number of anilines is 1. The van der Waals surface area contributed by atoms with Crippen LogP contribution in [0.1, 0.15) is 11.8 Å². The summed E-state index contributed by atoms with van der Waals surface area (Å²) >= 11 is 17.5. The van der Waals surface area contributed by atoms with E-state index in [1.165, 1.54) is 11.8 Å². The van der Waals surface area contributed by atoms with E-state index in [4.69, 9.17) is 32.7 Å².